The van der Waals surface area contributed by atoms with E-state index in [1.54, 1.807) is 36.7 Å². The molecule has 2 aromatic heterocycles. The van der Waals surface area contributed by atoms with E-state index in [1.807, 2.05) is 13.8 Å². The summed E-state index contributed by atoms with van der Waals surface area (Å²) in [7, 11) is 0. The van der Waals surface area contributed by atoms with Gasteiger partial charge in [0.05, 0.1) is 11.5 Å². The number of aliphatic carboxylic acids is 1. The van der Waals surface area contributed by atoms with Gasteiger partial charge >= 0.3 is 5.97 Å². The van der Waals surface area contributed by atoms with E-state index in [1.165, 1.54) is 0 Å². The molecule has 9 heteroatoms. The normalized spacial score (nSPS) is 17.0. The van der Waals surface area contributed by atoms with Crippen LogP contribution < -0.4 is 10.6 Å². The van der Waals surface area contributed by atoms with Crippen LogP contribution in [0.1, 0.15) is 45.1 Å². The Morgan fingerprint density at radius 1 is 1.22 bits per heavy atom. The first kappa shape index (κ1) is 23.8. The maximum absolute atomic E-state index is 13.2. The Bertz CT molecular complexity index is 937. The van der Waals surface area contributed by atoms with E-state index in [9.17, 15) is 19.5 Å². The highest BCUT2D eigenvalue weighted by Gasteiger charge is 2.44. The zero-order valence-electron chi connectivity index (χ0n) is 18.2. The van der Waals surface area contributed by atoms with E-state index < -0.39 is 28.7 Å². The number of rotatable bonds is 9. The molecule has 3 rings (SSSR count). The number of amides is 2. The predicted molar refractivity (Wildman–Crippen MR) is 122 cm³/mol. The van der Waals surface area contributed by atoms with Crippen molar-refractivity contribution in [2.45, 2.75) is 62.8 Å². The summed E-state index contributed by atoms with van der Waals surface area (Å²) in [6.45, 7) is 3.76. The summed E-state index contributed by atoms with van der Waals surface area (Å²) in [5.74, 6) is -1.32. The molecule has 0 aromatic carbocycles. The van der Waals surface area contributed by atoms with Gasteiger partial charge in [-0.3, -0.25) is 14.6 Å². The molecule has 2 amide bonds. The summed E-state index contributed by atoms with van der Waals surface area (Å²) in [6.07, 6.45) is 5.68. The summed E-state index contributed by atoms with van der Waals surface area (Å²) in [5, 5.41) is 14.7. The number of pyridine rings is 1. The molecule has 3 N–H and O–H groups in total. The highest BCUT2D eigenvalue weighted by Crippen LogP contribution is 2.31. The van der Waals surface area contributed by atoms with Gasteiger partial charge in [0.1, 0.15) is 17.3 Å². The van der Waals surface area contributed by atoms with Crippen molar-refractivity contribution in [1.82, 2.24) is 15.6 Å². The predicted octanol–water partition coefficient (Wildman–Crippen LogP) is 2.84. The largest absolute Gasteiger partial charge is 0.480 e. The van der Waals surface area contributed by atoms with E-state index in [0.29, 0.717) is 29.9 Å². The maximum Gasteiger partial charge on any atom is 0.326 e. The van der Waals surface area contributed by atoms with Gasteiger partial charge in [0.25, 0.3) is 0 Å². The molecular weight excluding hydrogens is 430 g/mol. The first-order valence-corrected chi connectivity index (χ1v) is 11.3. The quantitative estimate of drug-likeness (QED) is 0.428. The Balaban J connectivity index is 1.70. The lowest BCUT2D eigenvalue weighted by Gasteiger charge is -2.32. The fourth-order valence-corrected chi connectivity index (χ4v) is 3.91. The third kappa shape index (κ3) is 5.51. The van der Waals surface area contributed by atoms with Crippen molar-refractivity contribution in [1.29, 1.82) is 0 Å². The lowest BCUT2D eigenvalue weighted by atomic mass is 9.94. The molecular formula is C23H29N3O5S. The van der Waals surface area contributed by atoms with E-state index in [-0.39, 0.29) is 18.2 Å². The molecule has 0 spiro atoms. The van der Waals surface area contributed by atoms with E-state index in [2.05, 4.69) is 28.2 Å². The van der Waals surface area contributed by atoms with Gasteiger partial charge in [-0.05, 0) is 42.5 Å². The molecule has 0 bridgehead atoms. The molecule has 1 aliphatic carbocycles. The van der Waals surface area contributed by atoms with Gasteiger partial charge in [0.15, 0.2) is 5.76 Å². The number of hydrogen-bond acceptors (Lipinski definition) is 6. The van der Waals surface area contributed by atoms with Gasteiger partial charge in [-0.15, -0.1) is 0 Å². The van der Waals surface area contributed by atoms with Crippen LogP contribution >= 0.6 is 12.6 Å². The number of hydrogen-bond donors (Lipinski definition) is 4. The molecule has 1 saturated carbocycles. The Labute approximate surface area is 192 Å². The van der Waals surface area contributed by atoms with E-state index in [4.69, 9.17) is 4.42 Å². The van der Waals surface area contributed by atoms with Crippen molar-refractivity contribution in [3.05, 3.63) is 42.3 Å². The number of carbonyl (C=O) groups is 3. The minimum Gasteiger partial charge on any atom is -0.480 e. The van der Waals surface area contributed by atoms with Gasteiger partial charge in [0, 0.05) is 12.6 Å². The third-order valence-electron chi connectivity index (χ3n) is 5.80. The molecule has 32 heavy (non-hydrogen) atoms. The van der Waals surface area contributed by atoms with Crippen molar-refractivity contribution < 1.29 is 23.9 Å². The van der Waals surface area contributed by atoms with Crippen LogP contribution in [0.4, 0.5) is 0 Å². The zero-order chi connectivity index (χ0) is 23.3. The molecule has 2 heterocycles. The maximum atomic E-state index is 13.2. The highest BCUT2D eigenvalue weighted by atomic mass is 32.1. The van der Waals surface area contributed by atoms with Gasteiger partial charge in [-0.25, -0.2) is 4.79 Å². The second-order valence-corrected chi connectivity index (χ2v) is 9.12. The van der Waals surface area contributed by atoms with E-state index in [0.717, 1.165) is 12.8 Å². The molecule has 172 valence electrons. The highest BCUT2D eigenvalue weighted by molar-refractivity contribution is 7.81. The molecule has 8 nitrogen and oxygen atoms in total. The summed E-state index contributed by atoms with van der Waals surface area (Å²) < 4.78 is 5.31. The van der Waals surface area contributed by atoms with Crippen molar-refractivity contribution >= 4 is 30.4 Å². The van der Waals surface area contributed by atoms with Crippen LogP contribution in [0.15, 0.2) is 41.1 Å². The van der Waals surface area contributed by atoms with Crippen LogP contribution in [-0.4, -0.2) is 44.7 Å². The first-order valence-electron chi connectivity index (χ1n) is 10.7. The summed E-state index contributed by atoms with van der Waals surface area (Å²) >= 11 is 4.35. The SMILES string of the molecule is CC(C)C(S)C(=O)NC1(C(=O)NC(Cc2ccc(-c3ccco3)nc2)C(=O)O)CCCC1. The average Bonchev–Trinajstić information content (AvgIpc) is 3.46. The molecule has 0 radical (unpaired) electrons. The molecule has 2 atom stereocenters. The van der Waals surface area contributed by atoms with Crippen LogP contribution in [-0.2, 0) is 20.8 Å². The van der Waals surface area contributed by atoms with Crippen molar-refractivity contribution in [3.8, 4) is 11.5 Å². The van der Waals surface area contributed by atoms with Gasteiger partial charge in [-0.1, -0.05) is 32.8 Å². The summed E-state index contributed by atoms with van der Waals surface area (Å²) in [5.41, 5.74) is 0.184. The van der Waals surface area contributed by atoms with E-state index >= 15 is 0 Å². The minimum atomic E-state index is -1.15. The Hall–Kier alpha value is -2.81. The molecule has 0 saturated heterocycles. The number of aromatic nitrogens is 1. The van der Waals surface area contributed by atoms with Gasteiger partial charge in [-0.2, -0.15) is 12.6 Å². The third-order valence-corrected chi connectivity index (χ3v) is 6.63. The number of carbonyl (C=O) groups excluding carboxylic acids is 2. The standard InChI is InChI=1S/C23H29N3O5S/c1-14(2)19(32)20(27)26-23(9-3-4-10-23)22(30)25-17(21(28)29)12-15-7-8-16(24-13-15)18-6-5-11-31-18/h5-8,11,13-14,17,19,32H,3-4,9-10,12H2,1-2H3,(H,25,30)(H,26,27)(H,28,29). The van der Waals surface area contributed by atoms with Crippen LogP contribution in [0.2, 0.25) is 0 Å². The summed E-state index contributed by atoms with van der Waals surface area (Å²) in [6, 6.07) is 5.90. The number of carboxylic acids is 1. The fourth-order valence-electron chi connectivity index (χ4n) is 3.85. The smallest absolute Gasteiger partial charge is 0.326 e. The zero-order valence-corrected chi connectivity index (χ0v) is 19.1. The first-order chi connectivity index (χ1) is 15.2. The van der Waals surface area contributed by atoms with Gasteiger partial charge < -0.3 is 20.2 Å². The molecule has 1 aliphatic rings. The van der Waals surface area contributed by atoms with Crippen LogP contribution in [0, 0.1) is 5.92 Å². The second kappa shape index (κ2) is 10.2. The molecule has 0 aliphatic heterocycles. The Morgan fingerprint density at radius 3 is 2.47 bits per heavy atom. The van der Waals surface area contributed by atoms with Crippen LogP contribution in [0.25, 0.3) is 11.5 Å². The lowest BCUT2D eigenvalue weighted by molar-refractivity contribution is -0.143. The second-order valence-electron chi connectivity index (χ2n) is 8.56. The Kier molecular flexibility index (Phi) is 7.60. The molecule has 2 unspecified atom stereocenters. The Morgan fingerprint density at radius 2 is 1.94 bits per heavy atom. The number of furan rings is 1. The average molecular weight is 460 g/mol. The number of carboxylic acid groups (broad SMARTS) is 1. The minimum absolute atomic E-state index is 0.00302. The number of nitrogens with zero attached hydrogens (tertiary/aromatic N) is 1. The molecule has 2 aromatic rings. The van der Waals surface area contributed by atoms with Crippen molar-refractivity contribution in [3.63, 3.8) is 0 Å². The van der Waals surface area contributed by atoms with Gasteiger partial charge in [0.2, 0.25) is 11.8 Å². The van der Waals surface area contributed by atoms with Crippen LogP contribution in [0.5, 0.6) is 0 Å². The number of nitrogens with one attached hydrogen (secondary N) is 2. The number of thiol groups is 1. The van der Waals surface area contributed by atoms with Crippen molar-refractivity contribution in [2.75, 3.05) is 0 Å². The topological polar surface area (TPSA) is 122 Å². The van der Waals surface area contributed by atoms with Crippen molar-refractivity contribution in [2.24, 2.45) is 5.92 Å². The fraction of sp³-hybridized carbons (Fsp3) is 0.478. The lowest BCUT2D eigenvalue weighted by Crippen LogP contribution is -2.61. The molecule has 1 fully saturated rings. The monoisotopic (exact) mass is 459 g/mol. The van der Waals surface area contributed by atoms with Crippen LogP contribution in [0.3, 0.4) is 0 Å². The summed E-state index contributed by atoms with van der Waals surface area (Å²) in [4.78, 5) is 42.0.